The van der Waals surface area contributed by atoms with Crippen LogP contribution < -0.4 is 4.74 Å². The maximum Gasteiger partial charge on any atom is 0.237 e. The SMILES string of the molecule is CCN(CC(=O)N1CCCC1c1ccc(OC)cc1)CC(C)(C)O. The third kappa shape index (κ3) is 4.95. The summed E-state index contributed by atoms with van der Waals surface area (Å²) in [6.45, 7) is 7.96. The molecule has 0 aromatic heterocycles. The smallest absolute Gasteiger partial charge is 0.237 e. The Hall–Kier alpha value is -1.59. The summed E-state index contributed by atoms with van der Waals surface area (Å²) >= 11 is 0. The molecule has 0 radical (unpaired) electrons. The predicted octanol–water partition coefficient (Wildman–Crippen LogP) is 2.45. The van der Waals surface area contributed by atoms with Crippen molar-refractivity contribution in [1.82, 2.24) is 9.80 Å². The molecule has 1 aromatic rings. The van der Waals surface area contributed by atoms with Crippen LogP contribution in [0.15, 0.2) is 24.3 Å². The first kappa shape index (κ1) is 18.7. The first-order chi connectivity index (χ1) is 11.3. The van der Waals surface area contributed by atoms with Gasteiger partial charge in [-0.3, -0.25) is 9.69 Å². The van der Waals surface area contributed by atoms with Crippen LogP contribution in [0.5, 0.6) is 5.75 Å². The molecule has 1 atom stereocenters. The number of carbonyl (C=O) groups excluding carboxylic acids is 1. The zero-order chi connectivity index (χ0) is 17.7. The molecule has 1 N–H and O–H groups in total. The minimum atomic E-state index is -0.795. The van der Waals surface area contributed by atoms with Crippen LogP contribution in [0.25, 0.3) is 0 Å². The van der Waals surface area contributed by atoms with E-state index in [1.54, 1.807) is 21.0 Å². The number of hydrogen-bond acceptors (Lipinski definition) is 4. The lowest BCUT2D eigenvalue weighted by Gasteiger charge is -2.31. The van der Waals surface area contributed by atoms with E-state index in [0.717, 1.165) is 37.2 Å². The molecular weight excluding hydrogens is 304 g/mol. The van der Waals surface area contributed by atoms with Crippen molar-refractivity contribution < 1.29 is 14.6 Å². The summed E-state index contributed by atoms with van der Waals surface area (Å²) in [5, 5.41) is 10.00. The fraction of sp³-hybridized carbons (Fsp3) is 0.632. The van der Waals surface area contributed by atoms with Crippen LogP contribution in [0.4, 0.5) is 0 Å². The van der Waals surface area contributed by atoms with Crippen molar-refractivity contribution in [3.8, 4) is 5.75 Å². The lowest BCUT2D eigenvalue weighted by molar-refractivity contribution is -0.134. The van der Waals surface area contributed by atoms with E-state index in [2.05, 4.69) is 0 Å². The van der Waals surface area contributed by atoms with E-state index in [1.807, 2.05) is 41.0 Å². The molecule has 134 valence electrons. The molecule has 0 bridgehead atoms. The van der Waals surface area contributed by atoms with Crippen LogP contribution in [-0.4, -0.2) is 59.7 Å². The molecule has 0 saturated carbocycles. The maximum atomic E-state index is 12.8. The Morgan fingerprint density at radius 3 is 2.58 bits per heavy atom. The molecule has 1 aliphatic rings. The van der Waals surface area contributed by atoms with E-state index in [1.165, 1.54) is 0 Å². The first-order valence-electron chi connectivity index (χ1n) is 8.72. The number of aliphatic hydroxyl groups is 1. The lowest BCUT2D eigenvalue weighted by Crippen LogP contribution is -2.45. The largest absolute Gasteiger partial charge is 0.497 e. The number of likely N-dealkylation sites (tertiary alicyclic amines) is 1. The molecule has 5 nitrogen and oxygen atoms in total. The summed E-state index contributed by atoms with van der Waals surface area (Å²) in [6, 6.07) is 8.13. The maximum absolute atomic E-state index is 12.8. The zero-order valence-corrected chi connectivity index (χ0v) is 15.3. The molecule has 1 saturated heterocycles. The third-order valence-electron chi connectivity index (χ3n) is 4.49. The molecule has 1 aromatic carbocycles. The molecule has 0 spiro atoms. The van der Waals surface area contributed by atoms with Gasteiger partial charge in [-0.1, -0.05) is 19.1 Å². The number of benzene rings is 1. The van der Waals surface area contributed by atoms with E-state index in [4.69, 9.17) is 4.74 Å². The zero-order valence-electron chi connectivity index (χ0n) is 15.3. The molecule has 2 rings (SSSR count). The highest BCUT2D eigenvalue weighted by Crippen LogP contribution is 2.32. The van der Waals surface area contributed by atoms with Crippen molar-refractivity contribution in [3.63, 3.8) is 0 Å². The molecule has 1 amide bonds. The standard InChI is InChI=1S/C19H30N2O3/c1-5-20(14-19(2,3)23)13-18(22)21-12-6-7-17(21)15-8-10-16(24-4)11-9-15/h8-11,17,23H,5-7,12-14H2,1-4H3. The number of ether oxygens (including phenoxy) is 1. The highest BCUT2D eigenvalue weighted by atomic mass is 16.5. The topological polar surface area (TPSA) is 53.0 Å². The van der Waals surface area contributed by atoms with Crippen LogP contribution in [-0.2, 0) is 4.79 Å². The molecule has 1 unspecified atom stereocenters. The van der Waals surface area contributed by atoms with Gasteiger partial charge in [-0.15, -0.1) is 0 Å². The second-order valence-electron chi connectivity index (χ2n) is 7.13. The summed E-state index contributed by atoms with van der Waals surface area (Å²) in [5.74, 6) is 0.969. The fourth-order valence-corrected chi connectivity index (χ4v) is 3.35. The summed E-state index contributed by atoms with van der Waals surface area (Å²) < 4.78 is 5.21. The minimum absolute atomic E-state index is 0.138. The van der Waals surface area contributed by atoms with Crippen molar-refractivity contribution in [2.75, 3.05) is 33.3 Å². The van der Waals surface area contributed by atoms with Crippen molar-refractivity contribution in [1.29, 1.82) is 0 Å². The van der Waals surface area contributed by atoms with Crippen LogP contribution >= 0.6 is 0 Å². The molecule has 1 aliphatic heterocycles. The van der Waals surface area contributed by atoms with E-state index in [0.29, 0.717) is 13.1 Å². The molecule has 1 heterocycles. The Balaban J connectivity index is 2.04. The van der Waals surface area contributed by atoms with Crippen molar-refractivity contribution >= 4 is 5.91 Å². The molecular formula is C19H30N2O3. The van der Waals surface area contributed by atoms with Gasteiger partial charge >= 0.3 is 0 Å². The second-order valence-corrected chi connectivity index (χ2v) is 7.13. The summed E-state index contributed by atoms with van der Waals surface area (Å²) in [6.07, 6.45) is 2.02. The van der Waals surface area contributed by atoms with Gasteiger partial charge in [0.15, 0.2) is 0 Å². The summed E-state index contributed by atoms with van der Waals surface area (Å²) in [5.41, 5.74) is 0.364. The Morgan fingerprint density at radius 2 is 2.04 bits per heavy atom. The molecule has 0 aliphatic carbocycles. The quantitative estimate of drug-likeness (QED) is 0.832. The number of amides is 1. The van der Waals surface area contributed by atoms with Crippen molar-refractivity contribution in [2.45, 2.75) is 45.3 Å². The monoisotopic (exact) mass is 334 g/mol. The Morgan fingerprint density at radius 1 is 1.38 bits per heavy atom. The van der Waals surface area contributed by atoms with Crippen LogP contribution in [0.2, 0.25) is 0 Å². The van der Waals surface area contributed by atoms with Crippen LogP contribution in [0.3, 0.4) is 0 Å². The molecule has 1 fully saturated rings. The third-order valence-corrected chi connectivity index (χ3v) is 4.49. The summed E-state index contributed by atoms with van der Waals surface area (Å²) in [4.78, 5) is 16.8. The lowest BCUT2D eigenvalue weighted by atomic mass is 10.0. The Labute approximate surface area is 145 Å². The van der Waals surface area contributed by atoms with Gasteiger partial charge in [-0.25, -0.2) is 0 Å². The number of rotatable bonds is 7. The normalized spacial score (nSPS) is 18.2. The minimum Gasteiger partial charge on any atom is -0.497 e. The first-order valence-corrected chi connectivity index (χ1v) is 8.72. The van der Waals surface area contributed by atoms with Gasteiger partial charge in [0.1, 0.15) is 5.75 Å². The van der Waals surface area contributed by atoms with Crippen LogP contribution in [0, 0.1) is 0 Å². The average molecular weight is 334 g/mol. The van der Waals surface area contributed by atoms with E-state index in [-0.39, 0.29) is 11.9 Å². The molecule has 5 heteroatoms. The molecule has 24 heavy (non-hydrogen) atoms. The number of hydrogen-bond donors (Lipinski definition) is 1. The fourth-order valence-electron chi connectivity index (χ4n) is 3.35. The summed E-state index contributed by atoms with van der Waals surface area (Å²) in [7, 11) is 1.66. The van der Waals surface area contributed by atoms with Gasteiger partial charge < -0.3 is 14.7 Å². The Bertz CT molecular complexity index is 537. The van der Waals surface area contributed by atoms with Gasteiger partial charge in [-0.05, 0) is 50.9 Å². The van der Waals surface area contributed by atoms with Crippen LogP contribution in [0.1, 0.15) is 45.2 Å². The van der Waals surface area contributed by atoms with Gasteiger partial charge in [0, 0.05) is 13.1 Å². The van der Waals surface area contributed by atoms with E-state index in [9.17, 15) is 9.90 Å². The highest BCUT2D eigenvalue weighted by Gasteiger charge is 2.31. The van der Waals surface area contributed by atoms with Gasteiger partial charge in [-0.2, -0.15) is 0 Å². The van der Waals surface area contributed by atoms with Crippen molar-refractivity contribution in [3.05, 3.63) is 29.8 Å². The van der Waals surface area contributed by atoms with Gasteiger partial charge in [0.2, 0.25) is 5.91 Å². The highest BCUT2D eigenvalue weighted by molar-refractivity contribution is 5.79. The number of methoxy groups -OCH3 is 1. The number of likely N-dealkylation sites (N-methyl/N-ethyl adjacent to an activating group) is 1. The van der Waals surface area contributed by atoms with Gasteiger partial charge in [0.05, 0.1) is 25.3 Å². The average Bonchev–Trinajstić information content (AvgIpc) is 3.02. The van der Waals surface area contributed by atoms with E-state index >= 15 is 0 Å². The second kappa shape index (κ2) is 7.99. The van der Waals surface area contributed by atoms with Gasteiger partial charge in [0.25, 0.3) is 0 Å². The van der Waals surface area contributed by atoms with E-state index < -0.39 is 5.60 Å². The number of nitrogens with zero attached hydrogens (tertiary/aromatic N) is 2. The van der Waals surface area contributed by atoms with Crippen molar-refractivity contribution in [2.24, 2.45) is 0 Å². The predicted molar refractivity (Wildman–Crippen MR) is 95.1 cm³/mol. The Kier molecular flexibility index (Phi) is 6.24. The number of carbonyl (C=O) groups is 1.